The summed E-state index contributed by atoms with van der Waals surface area (Å²) in [5, 5.41) is 16.4. The molecular weight excluding hydrogens is 420 g/mol. The van der Waals surface area contributed by atoms with Crippen LogP contribution < -0.4 is 20.0 Å². The maximum absolute atomic E-state index is 10.4. The van der Waals surface area contributed by atoms with Crippen molar-refractivity contribution in [2.24, 2.45) is 0 Å². The molecular formula is C28H32N6. The topological polar surface area (TPSA) is 58.4 Å². The van der Waals surface area contributed by atoms with E-state index in [0.717, 1.165) is 76.0 Å². The maximum atomic E-state index is 10.4. The molecule has 174 valence electrons. The lowest BCUT2D eigenvalue weighted by molar-refractivity contribution is 0.565. The molecule has 2 aromatic carbocycles. The summed E-state index contributed by atoms with van der Waals surface area (Å²) in [5.41, 5.74) is 4.52. The largest absolute Gasteiger partial charge is 0.366 e. The van der Waals surface area contributed by atoms with Crippen molar-refractivity contribution in [3.05, 3.63) is 59.2 Å². The lowest BCUT2D eigenvalue weighted by atomic mass is 9.94. The average Bonchev–Trinajstić information content (AvgIpc) is 2.92. The maximum Gasteiger partial charge on any atom is 0.149 e. The third-order valence-corrected chi connectivity index (χ3v) is 7.64. The zero-order valence-electron chi connectivity index (χ0n) is 19.8. The number of piperazine rings is 1. The highest BCUT2D eigenvalue weighted by Gasteiger charge is 2.31. The number of nitrogens with one attached hydrogen (secondary N) is 1. The normalized spacial score (nSPS) is 18.6. The van der Waals surface area contributed by atoms with Crippen LogP contribution in [0.3, 0.4) is 0 Å². The van der Waals surface area contributed by atoms with Gasteiger partial charge in [-0.25, -0.2) is 4.98 Å². The molecule has 0 bridgehead atoms. The third-order valence-electron chi connectivity index (χ3n) is 7.64. The number of rotatable bonds is 3. The summed E-state index contributed by atoms with van der Waals surface area (Å²) >= 11 is 0. The molecule has 0 atom stereocenters. The minimum Gasteiger partial charge on any atom is -0.366 e. The smallest absolute Gasteiger partial charge is 0.149 e. The lowest BCUT2D eigenvalue weighted by Gasteiger charge is -2.38. The summed E-state index contributed by atoms with van der Waals surface area (Å²) in [6, 6.07) is 17.8. The summed E-state index contributed by atoms with van der Waals surface area (Å²) in [5.74, 6) is 2.03. The Morgan fingerprint density at radius 2 is 1.53 bits per heavy atom. The predicted molar refractivity (Wildman–Crippen MR) is 139 cm³/mol. The summed E-state index contributed by atoms with van der Waals surface area (Å²) < 4.78 is 0. The van der Waals surface area contributed by atoms with Gasteiger partial charge in [-0.15, -0.1) is 0 Å². The molecule has 0 spiro atoms. The van der Waals surface area contributed by atoms with E-state index in [2.05, 4.69) is 68.6 Å². The van der Waals surface area contributed by atoms with Crippen LogP contribution in [0, 0.1) is 11.3 Å². The Morgan fingerprint density at radius 3 is 2.35 bits per heavy atom. The van der Waals surface area contributed by atoms with Gasteiger partial charge in [0.15, 0.2) is 0 Å². The number of aromatic nitrogens is 1. The molecule has 3 aromatic rings. The Morgan fingerprint density at radius 1 is 0.765 bits per heavy atom. The van der Waals surface area contributed by atoms with Crippen molar-refractivity contribution >= 4 is 28.1 Å². The SMILES string of the molecule is N#Cc1c(N2CCCCC2)nc(N2CCNCC2)c2c1CN(c1cccc3ccccc13)CC2. The molecule has 6 rings (SSSR count). The van der Waals surface area contributed by atoms with E-state index in [0.29, 0.717) is 0 Å². The van der Waals surface area contributed by atoms with Crippen molar-refractivity contribution in [2.75, 3.05) is 60.5 Å². The van der Waals surface area contributed by atoms with Gasteiger partial charge in [-0.3, -0.25) is 0 Å². The molecule has 6 heteroatoms. The highest BCUT2D eigenvalue weighted by molar-refractivity contribution is 5.94. The third kappa shape index (κ3) is 3.74. The quantitative estimate of drug-likeness (QED) is 0.647. The first-order valence-corrected chi connectivity index (χ1v) is 12.7. The first kappa shape index (κ1) is 21.2. The number of piperidine rings is 1. The molecule has 2 saturated heterocycles. The van der Waals surface area contributed by atoms with E-state index in [1.165, 1.54) is 46.8 Å². The molecule has 34 heavy (non-hydrogen) atoms. The van der Waals surface area contributed by atoms with E-state index >= 15 is 0 Å². The molecule has 6 nitrogen and oxygen atoms in total. The van der Waals surface area contributed by atoms with Crippen LogP contribution >= 0.6 is 0 Å². The second-order valence-electron chi connectivity index (χ2n) is 9.66. The Hall–Kier alpha value is -3.30. The molecule has 0 aliphatic carbocycles. The van der Waals surface area contributed by atoms with Crippen LogP contribution in [0.15, 0.2) is 42.5 Å². The number of anilines is 3. The van der Waals surface area contributed by atoms with E-state index < -0.39 is 0 Å². The van der Waals surface area contributed by atoms with Crippen molar-refractivity contribution in [3.8, 4) is 6.07 Å². The van der Waals surface area contributed by atoms with Crippen LogP contribution in [0.1, 0.15) is 36.0 Å². The fourth-order valence-corrected chi connectivity index (χ4v) is 5.88. The van der Waals surface area contributed by atoms with Gasteiger partial charge < -0.3 is 20.0 Å². The average molecular weight is 453 g/mol. The Kier molecular flexibility index (Phi) is 5.72. The molecule has 3 aliphatic rings. The first-order valence-electron chi connectivity index (χ1n) is 12.7. The molecule has 1 aromatic heterocycles. The summed E-state index contributed by atoms with van der Waals surface area (Å²) in [4.78, 5) is 12.5. The number of fused-ring (bicyclic) bond motifs is 2. The van der Waals surface area contributed by atoms with Crippen molar-refractivity contribution in [1.29, 1.82) is 5.26 Å². The predicted octanol–water partition coefficient (Wildman–Crippen LogP) is 4.07. The van der Waals surface area contributed by atoms with Crippen molar-refractivity contribution < 1.29 is 0 Å². The number of nitrogens with zero attached hydrogens (tertiary/aromatic N) is 5. The number of hydrogen-bond acceptors (Lipinski definition) is 6. The van der Waals surface area contributed by atoms with Gasteiger partial charge in [0, 0.05) is 69.0 Å². The van der Waals surface area contributed by atoms with Gasteiger partial charge in [-0.05, 0) is 42.7 Å². The summed E-state index contributed by atoms with van der Waals surface area (Å²) in [7, 11) is 0. The number of benzene rings is 2. The highest BCUT2D eigenvalue weighted by Crippen LogP contribution is 2.38. The van der Waals surface area contributed by atoms with Crippen LogP contribution in [-0.2, 0) is 13.0 Å². The molecule has 0 radical (unpaired) electrons. The molecule has 0 unspecified atom stereocenters. The molecule has 4 heterocycles. The zero-order chi connectivity index (χ0) is 22.9. The van der Waals surface area contributed by atoms with Crippen molar-refractivity contribution in [2.45, 2.75) is 32.2 Å². The number of hydrogen-bond donors (Lipinski definition) is 1. The minimum absolute atomic E-state index is 0.759. The Labute approximate surface area is 201 Å². The van der Waals surface area contributed by atoms with Crippen LogP contribution in [0.25, 0.3) is 10.8 Å². The van der Waals surface area contributed by atoms with Gasteiger partial charge in [0.25, 0.3) is 0 Å². The molecule has 0 saturated carbocycles. The van der Waals surface area contributed by atoms with Crippen LogP contribution in [0.2, 0.25) is 0 Å². The Balaban J connectivity index is 1.46. The van der Waals surface area contributed by atoms with Crippen LogP contribution in [0.5, 0.6) is 0 Å². The van der Waals surface area contributed by atoms with Crippen molar-refractivity contribution in [1.82, 2.24) is 10.3 Å². The molecule has 1 N–H and O–H groups in total. The van der Waals surface area contributed by atoms with Gasteiger partial charge in [0.2, 0.25) is 0 Å². The molecule has 0 amide bonds. The van der Waals surface area contributed by atoms with E-state index in [1.54, 1.807) is 0 Å². The van der Waals surface area contributed by atoms with E-state index in [-0.39, 0.29) is 0 Å². The minimum atomic E-state index is 0.759. The zero-order valence-corrected chi connectivity index (χ0v) is 19.8. The second-order valence-corrected chi connectivity index (χ2v) is 9.66. The second kappa shape index (κ2) is 9.15. The van der Waals surface area contributed by atoms with Gasteiger partial charge in [0.05, 0.1) is 5.56 Å². The summed E-state index contributed by atoms with van der Waals surface area (Å²) in [6.07, 6.45) is 4.53. The van der Waals surface area contributed by atoms with Gasteiger partial charge in [-0.2, -0.15) is 5.26 Å². The fraction of sp³-hybridized carbons (Fsp3) is 0.429. The standard InChI is InChI=1S/C28H32N6/c29-19-24-25-20-34(26-10-6-8-21-7-2-3-9-22(21)26)16-11-23(25)27(33-17-12-30-13-18-33)31-28(24)32-14-4-1-5-15-32/h2-3,6-10,30H,1,4-5,11-18,20H2. The van der Waals surface area contributed by atoms with Gasteiger partial charge in [0.1, 0.15) is 17.7 Å². The Bertz CT molecular complexity index is 1230. The molecule has 3 aliphatic heterocycles. The fourth-order valence-electron chi connectivity index (χ4n) is 5.88. The monoisotopic (exact) mass is 452 g/mol. The first-order chi connectivity index (χ1) is 16.8. The number of pyridine rings is 1. The lowest BCUT2D eigenvalue weighted by Crippen LogP contribution is -2.45. The van der Waals surface area contributed by atoms with Gasteiger partial charge >= 0.3 is 0 Å². The van der Waals surface area contributed by atoms with Gasteiger partial charge in [-0.1, -0.05) is 36.4 Å². The van der Waals surface area contributed by atoms with E-state index in [9.17, 15) is 5.26 Å². The van der Waals surface area contributed by atoms with E-state index in [4.69, 9.17) is 4.98 Å². The van der Waals surface area contributed by atoms with Crippen molar-refractivity contribution in [3.63, 3.8) is 0 Å². The summed E-state index contributed by atoms with van der Waals surface area (Å²) in [6.45, 7) is 7.60. The molecule has 2 fully saturated rings. The number of nitriles is 1. The highest BCUT2D eigenvalue weighted by atomic mass is 15.3. The van der Waals surface area contributed by atoms with E-state index in [1.807, 2.05) is 0 Å². The van der Waals surface area contributed by atoms with Crippen LogP contribution in [-0.4, -0.2) is 50.8 Å². The van der Waals surface area contributed by atoms with Crippen LogP contribution in [0.4, 0.5) is 17.3 Å².